The normalized spacial score (nSPS) is 14.5. The van der Waals surface area contributed by atoms with Crippen LogP contribution in [-0.2, 0) is 0 Å². The van der Waals surface area contributed by atoms with Crippen molar-refractivity contribution in [1.82, 2.24) is 0 Å². The van der Waals surface area contributed by atoms with E-state index in [9.17, 15) is 22.0 Å². The first kappa shape index (κ1) is 10.3. The van der Waals surface area contributed by atoms with Crippen LogP contribution in [0.25, 0.3) is 0 Å². The number of aliphatic hydroxyl groups is 1. The summed E-state index contributed by atoms with van der Waals surface area (Å²) in [6, 6.07) is 0. The second-order valence-corrected chi connectivity index (χ2v) is 1.71. The quantitative estimate of drug-likeness (QED) is 0.635. The Morgan fingerprint density at radius 2 is 1.64 bits per heavy atom. The standard InChI is InChI=1S/C5H4F5O/c1-2(11)5(9,10)3(6)4(7)8/h2,11H,1H2. The van der Waals surface area contributed by atoms with Crippen LogP contribution in [0.5, 0.6) is 0 Å². The number of rotatable bonds is 2. The highest BCUT2D eigenvalue weighted by Crippen LogP contribution is 2.31. The van der Waals surface area contributed by atoms with Crippen LogP contribution in [0, 0.1) is 6.92 Å². The first-order chi connectivity index (χ1) is 4.80. The number of hydrogen-bond acceptors (Lipinski definition) is 1. The summed E-state index contributed by atoms with van der Waals surface area (Å²) in [6.07, 6.45) is -5.87. The van der Waals surface area contributed by atoms with Gasteiger partial charge >= 0.3 is 12.0 Å². The zero-order valence-corrected chi connectivity index (χ0v) is 5.12. The minimum Gasteiger partial charge on any atom is -0.386 e. The maximum absolute atomic E-state index is 12.0. The summed E-state index contributed by atoms with van der Waals surface area (Å²) < 4.78 is 58.0. The fourth-order valence-corrected chi connectivity index (χ4v) is 0.272. The van der Waals surface area contributed by atoms with E-state index in [1.807, 2.05) is 0 Å². The third-order valence-corrected chi connectivity index (χ3v) is 0.877. The predicted octanol–water partition coefficient (Wildman–Crippen LogP) is 1.89. The van der Waals surface area contributed by atoms with Crippen molar-refractivity contribution >= 4 is 0 Å². The summed E-state index contributed by atoms with van der Waals surface area (Å²) in [4.78, 5) is 0. The van der Waals surface area contributed by atoms with Gasteiger partial charge in [0.25, 0.3) is 0 Å². The molecule has 0 rings (SSSR count). The number of halogens is 5. The van der Waals surface area contributed by atoms with Gasteiger partial charge in [-0.15, -0.1) is 0 Å². The van der Waals surface area contributed by atoms with Gasteiger partial charge in [-0.1, -0.05) is 0 Å². The fourth-order valence-electron chi connectivity index (χ4n) is 0.272. The van der Waals surface area contributed by atoms with Gasteiger partial charge in [0.15, 0.2) is 0 Å². The molecule has 0 aliphatic heterocycles. The highest BCUT2D eigenvalue weighted by Gasteiger charge is 2.44. The Morgan fingerprint density at radius 3 is 1.73 bits per heavy atom. The van der Waals surface area contributed by atoms with E-state index in [0.717, 1.165) is 0 Å². The molecule has 1 unspecified atom stereocenters. The molecule has 0 saturated heterocycles. The van der Waals surface area contributed by atoms with Crippen molar-refractivity contribution in [2.45, 2.75) is 12.0 Å². The van der Waals surface area contributed by atoms with Crippen molar-refractivity contribution in [3.05, 3.63) is 18.8 Å². The molecular weight excluding hydrogens is 171 g/mol. The molecule has 1 radical (unpaired) electrons. The summed E-state index contributed by atoms with van der Waals surface area (Å²) in [5.74, 6) is -7.56. The number of aliphatic hydroxyl groups excluding tert-OH is 1. The number of alkyl halides is 2. The maximum Gasteiger partial charge on any atom is 0.329 e. The summed E-state index contributed by atoms with van der Waals surface area (Å²) in [7, 11) is 0. The molecule has 6 heteroatoms. The topological polar surface area (TPSA) is 20.2 Å². The Hall–Kier alpha value is -0.650. The van der Waals surface area contributed by atoms with Gasteiger partial charge in [-0.05, 0) is 6.92 Å². The molecular formula is C5H4F5O. The molecule has 0 aromatic heterocycles. The van der Waals surface area contributed by atoms with Gasteiger partial charge in [-0.2, -0.15) is 22.0 Å². The molecule has 0 amide bonds. The summed E-state index contributed by atoms with van der Waals surface area (Å²) >= 11 is 0. The van der Waals surface area contributed by atoms with E-state index in [2.05, 4.69) is 6.92 Å². The monoisotopic (exact) mass is 175 g/mol. The molecule has 0 aliphatic carbocycles. The van der Waals surface area contributed by atoms with E-state index in [-0.39, 0.29) is 0 Å². The first-order valence-corrected chi connectivity index (χ1v) is 2.40. The molecule has 0 fully saturated rings. The summed E-state index contributed by atoms with van der Waals surface area (Å²) in [6.45, 7) is 2.31. The van der Waals surface area contributed by atoms with Crippen molar-refractivity contribution in [1.29, 1.82) is 0 Å². The highest BCUT2D eigenvalue weighted by atomic mass is 19.3. The minimum atomic E-state index is -4.61. The van der Waals surface area contributed by atoms with Crippen molar-refractivity contribution < 1.29 is 27.1 Å². The molecule has 0 spiro atoms. The van der Waals surface area contributed by atoms with Gasteiger partial charge in [0.2, 0.25) is 5.83 Å². The zero-order valence-electron chi connectivity index (χ0n) is 5.12. The summed E-state index contributed by atoms with van der Waals surface area (Å²) in [5, 5.41) is 8.03. The Bertz CT molecular complexity index is 170. The average molecular weight is 175 g/mol. The highest BCUT2D eigenvalue weighted by molar-refractivity contribution is 5.08. The Labute approximate surface area is 59.1 Å². The lowest BCUT2D eigenvalue weighted by molar-refractivity contribution is -0.0756. The lowest BCUT2D eigenvalue weighted by Gasteiger charge is -2.15. The predicted molar refractivity (Wildman–Crippen MR) is 26.7 cm³/mol. The van der Waals surface area contributed by atoms with Gasteiger partial charge in [0.1, 0.15) is 6.10 Å². The van der Waals surface area contributed by atoms with Gasteiger partial charge in [0.05, 0.1) is 0 Å². The van der Waals surface area contributed by atoms with Crippen LogP contribution < -0.4 is 0 Å². The van der Waals surface area contributed by atoms with Crippen molar-refractivity contribution in [3.8, 4) is 0 Å². The first-order valence-electron chi connectivity index (χ1n) is 2.40. The Kier molecular flexibility index (Phi) is 2.98. The van der Waals surface area contributed by atoms with Crippen LogP contribution in [0.3, 0.4) is 0 Å². The van der Waals surface area contributed by atoms with Crippen LogP contribution in [0.2, 0.25) is 0 Å². The third-order valence-electron chi connectivity index (χ3n) is 0.877. The maximum atomic E-state index is 12.0. The molecule has 0 heterocycles. The van der Waals surface area contributed by atoms with E-state index < -0.39 is 23.9 Å². The molecule has 1 atom stereocenters. The average Bonchev–Trinajstić information content (AvgIpc) is 1.85. The molecule has 1 nitrogen and oxygen atoms in total. The SMILES string of the molecule is [CH2]C(O)C(F)(F)C(F)=C(F)F. The van der Waals surface area contributed by atoms with E-state index in [1.54, 1.807) is 0 Å². The Morgan fingerprint density at radius 1 is 1.27 bits per heavy atom. The van der Waals surface area contributed by atoms with Crippen molar-refractivity contribution in [2.24, 2.45) is 0 Å². The summed E-state index contributed by atoms with van der Waals surface area (Å²) in [5.41, 5.74) is 0. The van der Waals surface area contributed by atoms with Gasteiger partial charge in [-0.3, -0.25) is 0 Å². The van der Waals surface area contributed by atoms with Gasteiger partial charge < -0.3 is 5.11 Å². The zero-order chi connectivity index (χ0) is 9.23. The third kappa shape index (κ3) is 2.14. The number of hydrogen-bond donors (Lipinski definition) is 1. The van der Waals surface area contributed by atoms with Gasteiger partial charge in [-0.25, -0.2) is 0 Å². The van der Waals surface area contributed by atoms with E-state index in [0.29, 0.717) is 0 Å². The second kappa shape index (κ2) is 3.17. The minimum absolute atomic E-state index is 2.31. The van der Waals surface area contributed by atoms with Crippen LogP contribution in [0.15, 0.2) is 11.9 Å². The lowest BCUT2D eigenvalue weighted by Crippen LogP contribution is -2.32. The van der Waals surface area contributed by atoms with Crippen LogP contribution in [0.1, 0.15) is 0 Å². The van der Waals surface area contributed by atoms with Crippen molar-refractivity contribution in [2.75, 3.05) is 0 Å². The van der Waals surface area contributed by atoms with E-state index in [4.69, 9.17) is 5.11 Å². The molecule has 1 N–H and O–H groups in total. The molecule has 0 aromatic rings. The van der Waals surface area contributed by atoms with E-state index >= 15 is 0 Å². The molecule has 0 bridgehead atoms. The second-order valence-electron chi connectivity index (χ2n) is 1.71. The largest absolute Gasteiger partial charge is 0.386 e. The van der Waals surface area contributed by atoms with Crippen LogP contribution in [0.4, 0.5) is 22.0 Å². The van der Waals surface area contributed by atoms with E-state index in [1.165, 1.54) is 0 Å². The Balaban J connectivity index is 4.70. The smallest absolute Gasteiger partial charge is 0.329 e. The van der Waals surface area contributed by atoms with Crippen molar-refractivity contribution in [3.63, 3.8) is 0 Å². The molecule has 0 aromatic carbocycles. The molecule has 0 saturated carbocycles. The van der Waals surface area contributed by atoms with Gasteiger partial charge in [0, 0.05) is 0 Å². The molecule has 0 aliphatic rings. The lowest BCUT2D eigenvalue weighted by atomic mass is 10.2. The fraction of sp³-hybridized carbons (Fsp3) is 0.400. The molecule has 65 valence electrons. The van der Waals surface area contributed by atoms with Crippen LogP contribution in [-0.4, -0.2) is 17.1 Å². The molecule has 11 heavy (non-hydrogen) atoms. The van der Waals surface area contributed by atoms with Crippen LogP contribution >= 0.6 is 0 Å².